The number of rotatable bonds is 5. The minimum Gasteiger partial charge on any atom is -0.492 e. The van der Waals surface area contributed by atoms with E-state index in [1.54, 1.807) is 0 Å². The van der Waals surface area contributed by atoms with Gasteiger partial charge < -0.3 is 19.4 Å². The van der Waals surface area contributed by atoms with Gasteiger partial charge in [0.1, 0.15) is 18.4 Å². The number of para-hydroxylation sites is 1. The smallest absolute Gasteiger partial charge is 0.316 e. The second-order valence-electron chi connectivity index (χ2n) is 8.54. The predicted octanol–water partition coefficient (Wildman–Crippen LogP) is 3.24. The number of halogens is 2. The van der Waals surface area contributed by atoms with Crippen molar-refractivity contribution in [3.8, 4) is 5.75 Å². The summed E-state index contributed by atoms with van der Waals surface area (Å²) >= 11 is 0. The molecule has 2 aromatic rings. The molecule has 30 heavy (non-hydrogen) atoms. The minimum atomic E-state index is -2.64. The zero-order chi connectivity index (χ0) is 20.9. The van der Waals surface area contributed by atoms with E-state index in [0.717, 1.165) is 17.7 Å². The van der Waals surface area contributed by atoms with Gasteiger partial charge in [-0.25, -0.2) is 8.78 Å². The summed E-state index contributed by atoms with van der Waals surface area (Å²) in [5.74, 6) is -1.58. The number of carbonyl (C=O) groups excluding carboxylic acids is 1. The third-order valence-electron chi connectivity index (χ3n) is 6.55. The van der Waals surface area contributed by atoms with E-state index in [2.05, 4.69) is 15.5 Å². The van der Waals surface area contributed by atoms with E-state index in [9.17, 15) is 13.6 Å². The molecule has 1 N–H and O–H groups in total. The topological polar surface area (TPSA) is 80.5 Å². The summed E-state index contributed by atoms with van der Waals surface area (Å²) in [6, 6.07) is 7.41. The van der Waals surface area contributed by atoms with Gasteiger partial charge >= 0.3 is 6.01 Å². The lowest BCUT2D eigenvalue weighted by Gasteiger charge is -2.23. The molecule has 3 aliphatic rings. The van der Waals surface area contributed by atoms with Crippen molar-refractivity contribution < 1.29 is 22.7 Å². The molecule has 0 radical (unpaired) electrons. The summed E-state index contributed by atoms with van der Waals surface area (Å²) in [6.45, 7) is 2.78. The Balaban J connectivity index is 1.23. The fraction of sp³-hybridized carbons (Fsp3) is 0.571. The molecule has 160 valence electrons. The predicted molar refractivity (Wildman–Crippen MR) is 104 cm³/mol. The molecule has 3 heterocycles. The molecule has 5 rings (SSSR count). The quantitative estimate of drug-likeness (QED) is 0.803. The molecular weight excluding hydrogens is 394 g/mol. The maximum atomic E-state index is 13.6. The third-order valence-corrected chi connectivity index (χ3v) is 6.55. The summed E-state index contributed by atoms with van der Waals surface area (Å²) in [5.41, 5.74) is 0.0819. The minimum absolute atomic E-state index is 0.0609. The summed E-state index contributed by atoms with van der Waals surface area (Å²) in [4.78, 5) is 14.4. The van der Waals surface area contributed by atoms with Crippen LogP contribution in [-0.2, 0) is 11.2 Å². The Morgan fingerprint density at radius 1 is 1.37 bits per heavy atom. The average Bonchev–Trinajstić information content (AvgIpc) is 3.14. The molecule has 1 aromatic heterocycles. The van der Waals surface area contributed by atoms with E-state index >= 15 is 0 Å². The van der Waals surface area contributed by atoms with Crippen LogP contribution in [0.3, 0.4) is 0 Å². The molecule has 0 unspecified atom stereocenters. The van der Waals surface area contributed by atoms with E-state index in [0.29, 0.717) is 31.9 Å². The van der Waals surface area contributed by atoms with Crippen LogP contribution in [0.15, 0.2) is 28.7 Å². The molecule has 7 nitrogen and oxygen atoms in total. The van der Waals surface area contributed by atoms with Gasteiger partial charge in [0.15, 0.2) is 0 Å². The van der Waals surface area contributed by atoms with Gasteiger partial charge in [-0.3, -0.25) is 4.79 Å². The second kappa shape index (κ2) is 6.92. The number of likely N-dealkylation sites (tertiary alicyclic amines) is 1. The van der Waals surface area contributed by atoms with Crippen molar-refractivity contribution in [2.45, 2.75) is 50.5 Å². The number of nitrogens with one attached hydrogen (secondary N) is 1. The van der Waals surface area contributed by atoms with Crippen molar-refractivity contribution in [2.24, 2.45) is 5.41 Å². The molecule has 1 amide bonds. The lowest BCUT2D eigenvalue weighted by atomic mass is 9.97. The van der Waals surface area contributed by atoms with Crippen LogP contribution in [0.5, 0.6) is 5.75 Å². The first kappa shape index (κ1) is 19.3. The van der Waals surface area contributed by atoms with Gasteiger partial charge in [0.25, 0.3) is 5.92 Å². The van der Waals surface area contributed by atoms with Gasteiger partial charge in [-0.05, 0) is 30.9 Å². The molecule has 9 heteroatoms. The molecule has 1 saturated carbocycles. The molecule has 1 saturated heterocycles. The van der Waals surface area contributed by atoms with Gasteiger partial charge in [-0.1, -0.05) is 30.2 Å². The van der Waals surface area contributed by atoms with Crippen molar-refractivity contribution in [1.82, 2.24) is 15.1 Å². The van der Waals surface area contributed by atoms with Gasteiger partial charge in [-0.2, -0.15) is 0 Å². The maximum absolute atomic E-state index is 13.6. The lowest BCUT2D eigenvalue weighted by molar-refractivity contribution is -0.131. The zero-order valence-electron chi connectivity index (χ0n) is 16.7. The summed E-state index contributed by atoms with van der Waals surface area (Å²) < 4.78 is 38.8. The van der Waals surface area contributed by atoms with Crippen molar-refractivity contribution in [3.63, 3.8) is 0 Å². The van der Waals surface area contributed by atoms with E-state index in [1.807, 2.05) is 31.2 Å². The zero-order valence-corrected chi connectivity index (χ0v) is 16.7. The number of amides is 1. The highest BCUT2D eigenvalue weighted by molar-refractivity contribution is 5.84. The molecule has 1 spiro atoms. The Labute approximate surface area is 172 Å². The van der Waals surface area contributed by atoms with Crippen LogP contribution in [0.25, 0.3) is 0 Å². The first-order valence-electron chi connectivity index (χ1n) is 10.4. The molecular formula is C21H24F2N4O3. The molecule has 3 atom stereocenters. The summed E-state index contributed by atoms with van der Waals surface area (Å²) in [5, 5.41) is 11.2. The highest BCUT2D eigenvalue weighted by Gasteiger charge is 2.73. The Kier molecular flexibility index (Phi) is 4.44. The highest BCUT2D eigenvalue weighted by atomic mass is 19.3. The Morgan fingerprint density at radius 3 is 2.90 bits per heavy atom. The average molecular weight is 418 g/mol. The SMILES string of the molecule is CC[C@@H](Nc1nnc([C@@H]2COc3ccccc3C2)o1)C(=O)N1CC[C@@]2(C1)CC2(F)F. The van der Waals surface area contributed by atoms with Crippen LogP contribution in [0, 0.1) is 5.41 Å². The molecule has 0 bridgehead atoms. The van der Waals surface area contributed by atoms with Crippen molar-refractivity contribution in [2.75, 3.05) is 25.0 Å². The van der Waals surface area contributed by atoms with Crippen LogP contribution >= 0.6 is 0 Å². The second-order valence-corrected chi connectivity index (χ2v) is 8.54. The number of hydrogen-bond donors (Lipinski definition) is 1. The van der Waals surface area contributed by atoms with E-state index in [-0.39, 0.29) is 30.8 Å². The first-order valence-corrected chi connectivity index (χ1v) is 10.4. The van der Waals surface area contributed by atoms with Crippen molar-refractivity contribution >= 4 is 11.9 Å². The fourth-order valence-electron chi connectivity index (χ4n) is 4.54. The van der Waals surface area contributed by atoms with Gasteiger partial charge in [0.05, 0.1) is 11.3 Å². The van der Waals surface area contributed by atoms with Crippen molar-refractivity contribution in [3.05, 3.63) is 35.7 Å². The van der Waals surface area contributed by atoms with Gasteiger partial charge in [0.2, 0.25) is 11.8 Å². The number of alkyl halides is 2. The largest absolute Gasteiger partial charge is 0.492 e. The number of hydrogen-bond acceptors (Lipinski definition) is 6. The fourth-order valence-corrected chi connectivity index (χ4v) is 4.54. The van der Waals surface area contributed by atoms with Gasteiger partial charge in [-0.15, -0.1) is 5.10 Å². The van der Waals surface area contributed by atoms with Gasteiger partial charge in [0, 0.05) is 19.5 Å². The third kappa shape index (κ3) is 3.20. The monoisotopic (exact) mass is 418 g/mol. The lowest BCUT2D eigenvalue weighted by Crippen LogP contribution is -2.42. The number of fused-ring (bicyclic) bond motifs is 1. The normalized spacial score (nSPS) is 27.4. The van der Waals surface area contributed by atoms with Crippen LogP contribution in [0.2, 0.25) is 0 Å². The highest BCUT2D eigenvalue weighted by Crippen LogP contribution is 2.65. The van der Waals surface area contributed by atoms with E-state index < -0.39 is 17.4 Å². The molecule has 2 aliphatic heterocycles. The van der Waals surface area contributed by atoms with E-state index in [4.69, 9.17) is 9.15 Å². The van der Waals surface area contributed by atoms with Crippen molar-refractivity contribution in [1.29, 1.82) is 0 Å². The summed E-state index contributed by atoms with van der Waals surface area (Å²) in [7, 11) is 0. The van der Waals surface area contributed by atoms with Crippen LogP contribution in [0.1, 0.15) is 43.6 Å². The number of ether oxygens (including phenoxy) is 1. The van der Waals surface area contributed by atoms with E-state index in [1.165, 1.54) is 4.90 Å². The first-order chi connectivity index (χ1) is 14.4. The van der Waals surface area contributed by atoms with Crippen LogP contribution in [-0.4, -0.2) is 52.7 Å². The number of anilines is 1. The standard InChI is InChI=1S/C21H24F2N4O3/c1-2-15(18(28)27-8-7-20(12-27)11-21(20,22)23)24-19-26-25-17(30-19)14-9-13-5-3-4-6-16(13)29-10-14/h3-6,14-15H,2,7-12H2,1H3,(H,24,26)/t14-,15+,20-/m0/s1. The Hall–Kier alpha value is -2.71. The van der Waals surface area contributed by atoms with Crippen LogP contribution < -0.4 is 10.1 Å². The molecule has 1 aromatic carbocycles. The number of carbonyl (C=O) groups is 1. The number of benzene rings is 1. The Morgan fingerprint density at radius 2 is 2.17 bits per heavy atom. The number of aromatic nitrogens is 2. The molecule has 2 fully saturated rings. The maximum Gasteiger partial charge on any atom is 0.316 e. The Bertz CT molecular complexity index is 965. The van der Waals surface area contributed by atoms with Crippen LogP contribution in [0.4, 0.5) is 14.8 Å². The summed E-state index contributed by atoms with van der Waals surface area (Å²) in [6.07, 6.45) is 1.46. The number of nitrogens with zero attached hydrogens (tertiary/aromatic N) is 3. The molecule has 1 aliphatic carbocycles.